The normalized spacial score (nSPS) is 13.1. The van der Waals surface area contributed by atoms with Crippen molar-refractivity contribution >= 4 is 5.91 Å². The minimum Gasteiger partial charge on any atom is -0.389 e. The van der Waals surface area contributed by atoms with Gasteiger partial charge < -0.3 is 15.7 Å². The molecule has 3 N–H and O–H groups in total. The number of likely N-dealkylation sites (N-methyl/N-ethyl adjacent to an activating group) is 1. The van der Waals surface area contributed by atoms with Gasteiger partial charge in [0, 0.05) is 13.1 Å². The number of nitrogens with two attached hydrogens (primary N) is 1. The maximum atomic E-state index is 12.2. The summed E-state index contributed by atoms with van der Waals surface area (Å²) in [5.74, 6) is -0.117. The number of nitrogens with zero attached hydrogens (tertiary/aromatic N) is 1. The van der Waals surface area contributed by atoms with Crippen LogP contribution in [0.15, 0.2) is 30.3 Å². The van der Waals surface area contributed by atoms with Crippen molar-refractivity contribution < 1.29 is 9.90 Å². The number of hydrogen-bond donors (Lipinski definition) is 2. The number of aliphatic hydroxyl groups is 1. The third-order valence-corrected chi connectivity index (χ3v) is 2.89. The van der Waals surface area contributed by atoms with Crippen LogP contribution in [-0.4, -0.2) is 40.6 Å². The van der Waals surface area contributed by atoms with Crippen LogP contribution in [0.4, 0.5) is 0 Å². The highest BCUT2D eigenvalue weighted by atomic mass is 16.3. The molecular weight excluding hydrogens is 240 g/mol. The Morgan fingerprint density at radius 2 is 1.95 bits per heavy atom. The fourth-order valence-corrected chi connectivity index (χ4v) is 2.00. The highest BCUT2D eigenvalue weighted by Crippen LogP contribution is 2.08. The van der Waals surface area contributed by atoms with Gasteiger partial charge in [-0.15, -0.1) is 0 Å². The van der Waals surface area contributed by atoms with Crippen LogP contribution in [0.1, 0.15) is 26.3 Å². The monoisotopic (exact) mass is 264 g/mol. The summed E-state index contributed by atoms with van der Waals surface area (Å²) in [6.07, 6.45) is 0.516. The highest BCUT2D eigenvalue weighted by Gasteiger charge is 2.25. The topological polar surface area (TPSA) is 66.6 Å². The molecule has 4 heteroatoms. The Hall–Kier alpha value is -1.39. The SMILES string of the molecule is CCN(CC(C)(C)O)C(=O)C(N)Cc1ccccc1. The second-order valence-electron chi connectivity index (χ2n) is 5.46. The van der Waals surface area contributed by atoms with Crippen molar-refractivity contribution in [3.63, 3.8) is 0 Å². The first-order valence-electron chi connectivity index (χ1n) is 6.64. The summed E-state index contributed by atoms with van der Waals surface area (Å²) >= 11 is 0. The molecule has 1 atom stereocenters. The van der Waals surface area contributed by atoms with Crippen LogP contribution in [-0.2, 0) is 11.2 Å². The predicted octanol–water partition coefficient (Wildman–Crippen LogP) is 1.18. The van der Waals surface area contributed by atoms with Crippen molar-refractivity contribution in [2.45, 2.75) is 38.8 Å². The van der Waals surface area contributed by atoms with E-state index in [1.54, 1.807) is 18.7 Å². The first kappa shape index (κ1) is 15.7. The van der Waals surface area contributed by atoms with E-state index < -0.39 is 11.6 Å². The van der Waals surface area contributed by atoms with E-state index in [-0.39, 0.29) is 5.91 Å². The summed E-state index contributed by atoms with van der Waals surface area (Å²) in [4.78, 5) is 13.9. The molecule has 0 aliphatic heterocycles. The van der Waals surface area contributed by atoms with E-state index in [4.69, 9.17) is 5.73 Å². The average Bonchev–Trinajstić information content (AvgIpc) is 2.35. The first-order chi connectivity index (χ1) is 8.83. The van der Waals surface area contributed by atoms with Crippen molar-refractivity contribution in [3.05, 3.63) is 35.9 Å². The summed E-state index contributed by atoms with van der Waals surface area (Å²) in [6.45, 7) is 6.10. The molecule has 0 spiro atoms. The summed E-state index contributed by atoms with van der Waals surface area (Å²) in [5, 5.41) is 9.80. The minimum absolute atomic E-state index is 0.117. The van der Waals surface area contributed by atoms with Gasteiger partial charge in [0.1, 0.15) is 0 Å². The van der Waals surface area contributed by atoms with Crippen molar-refractivity contribution in [1.29, 1.82) is 0 Å². The van der Waals surface area contributed by atoms with Gasteiger partial charge in [-0.05, 0) is 32.8 Å². The van der Waals surface area contributed by atoms with Crippen molar-refractivity contribution in [3.8, 4) is 0 Å². The Morgan fingerprint density at radius 3 is 2.42 bits per heavy atom. The van der Waals surface area contributed by atoms with E-state index in [0.29, 0.717) is 19.5 Å². The molecule has 0 bridgehead atoms. The Balaban J connectivity index is 2.64. The lowest BCUT2D eigenvalue weighted by Gasteiger charge is -2.30. The number of rotatable bonds is 6. The van der Waals surface area contributed by atoms with Gasteiger partial charge in [-0.25, -0.2) is 0 Å². The lowest BCUT2D eigenvalue weighted by molar-refractivity contribution is -0.135. The fourth-order valence-electron chi connectivity index (χ4n) is 2.00. The number of hydrogen-bond acceptors (Lipinski definition) is 3. The zero-order chi connectivity index (χ0) is 14.5. The molecule has 1 rings (SSSR count). The van der Waals surface area contributed by atoms with Crippen LogP contribution >= 0.6 is 0 Å². The molecule has 1 aromatic rings. The van der Waals surface area contributed by atoms with Gasteiger partial charge in [0.2, 0.25) is 5.91 Å². The summed E-state index contributed by atoms with van der Waals surface area (Å²) in [7, 11) is 0. The van der Waals surface area contributed by atoms with E-state index in [1.165, 1.54) is 0 Å². The Bertz CT molecular complexity index is 398. The number of carbonyl (C=O) groups excluding carboxylic acids is 1. The third-order valence-electron chi connectivity index (χ3n) is 2.89. The maximum absolute atomic E-state index is 12.2. The number of carbonyl (C=O) groups is 1. The quantitative estimate of drug-likeness (QED) is 0.810. The molecule has 1 amide bonds. The number of benzene rings is 1. The molecule has 0 fully saturated rings. The zero-order valence-electron chi connectivity index (χ0n) is 12.0. The van der Waals surface area contributed by atoms with Gasteiger partial charge in [0.15, 0.2) is 0 Å². The van der Waals surface area contributed by atoms with Crippen LogP contribution in [0.2, 0.25) is 0 Å². The molecular formula is C15H24N2O2. The van der Waals surface area contributed by atoms with E-state index in [2.05, 4.69) is 0 Å². The van der Waals surface area contributed by atoms with E-state index in [9.17, 15) is 9.90 Å². The smallest absolute Gasteiger partial charge is 0.239 e. The third kappa shape index (κ3) is 5.41. The minimum atomic E-state index is -0.905. The van der Waals surface area contributed by atoms with Crippen LogP contribution in [0, 0.1) is 0 Å². The van der Waals surface area contributed by atoms with Crippen molar-refractivity contribution in [2.75, 3.05) is 13.1 Å². The molecule has 0 aromatic heterocycles. The van der Waals surface area contributed by atoms with Gasteiger partial charge >= 0.3 is 0 Å². The van der Waals surface area contributed by atoms with Crippen molar-refractivity contribution in [2.24, 2.45) is 5.73 Å². The highest BCUT2D eigenvalue weighted by molar-refractivity contribution is 5.82. The molecule has 4 nitrogen and oxygen atoms in total. The van der Waals surface area contributed by atoms with E-state index >= 15 is 0 Å². The summed E-state index contributed by atoms with van der Waals surface area (Å²) < 4.78 is 0. The molecule has 1 aromatic carbocycles. The second kappa shape index (κ2) is 6.68. The molecule has 0 saturated heterocycles. The predicted molar refractivity (Wildman–Crippen MR) is 76.7 cm³/mol. The standard InChI is InChI=1S/C15H24N2O2/c1-4-17(11-15(2,3)19)14(18)13(16)10-12-8-6-5-7-9-12/h5-9,13,19H,4,10-11,16H2,1-3H3. The van der Waals surface area contributed by atoms with Gasteiger partial charge in [-0.3, -0.25) is 4.79 Å². The molecule has 19 heavy (non-hydrogen) atoms. The van der Waals surface area contributed by atoms with Crippen LogP contribution in [0.3, 0.4) is 0 Å². The average molecular weight is 264 g/mol. The second-order valence-corrected chi connectivity index (χ2v) is 5.46. The molecule has 0 aliphatic rings. The summed E-state index contributed by atoms with van der Waals surface area (Å²) in [5.41, 5.74) is 6.11. The van der Waals surface area contributed by atoms with Crippen LogP contribution < -0.4 is 5.73 Å². The largest absolute Gasteiger partial charge is 0.389 e. The first-order valence-corrected chi connectivity index (χ1v) is 6.64. The molecule has 0 saturated carbocycles. The lowest BCUT2D eigenvalue weighted by Crippen LogP contribution is -2.49. The number of amides is 1. The van der Waals surface area contributed by atoms with Crippen LogP contribution in [0.5, 0.6) is 0 Å². The molecule has 0 aliphatic carbocycles. The van der Waals surface area contributed by atoms with E-state index in [1.807, 2.05) is 37.3 Å². The summed E-state index contributed by atoms with van der Waals surface area (Å²) in [6, 6.07) is 9.15. The zero-order valence-corrected chi connectivity index (χ0v) is 12.0. The van der Waals surface area contributed by atoms with Gasteiger partial charge in [-0.2, -0.15) is 0 Å². The Kier molecular flexibility index (Phi) is 5.51. The molecule has 1 unspecified atom stereocenters. The van der Waals surface area contributed by atoms with Gasteiger partial charge in [-0.1, -0.05) is 30.3 Å². The molecule has 0 radical (unpaired) electrons. The van der Waals surface area contributed by atoms with Crippen LogP contribution in [0.25, 0.3) is 0 Å². The lowest BCUT2D eigenvalue weighted by atomic mass is 10.0. The maximum Gasteiger partial charge on any atom is 0.239 e. The fraction of sp³-hybridized carbons (Fsp3) is 0.533. The van der Waals surface area contributed by atoms with E-state index in [0.717, 1.165) is 5.56 Å². The van der Waals surface area contributed by atoms with Gasteiger partial charge in [0.25, 0.3) is 0 Å². The Morgan fingerprint density at radius 1 is 1.37 bits per heavy atom. The van der Waals surface area contributed by atoms with Crippen molar-refractivity contribution in [1.82, 2.24) is 4.90 Å². The molecule has 0 heterocycles. The molecule has 106 valence electrons. The van der Waals surface area contributed by atoms with Gasteiger partial charge in [0.05, 0.1) is 11.6 Å². The Labute approximate surface area is 115 Å².